The molecule has 0 rings (SSSR count). The van der Waals surface area contributed by atoms with Gasteiger partial charge in [-0.15, -0.1) is 0 Å². The minimum absolute atomic E-state index is 0.183. The van der Waals surface area contributed by atoms with Crippen molar-refractivity contribution in [3.05, 3.63) is 0 Å². The Morgan fingerprint density at radius 2 is 2.36 bits per heavy atom. The lowest BCUT2D eigenvalue weighted by Gasteiger charge is -2.15. The van der Waals surface area contributed by atoms with E-state index in [4.69, 9.17) is 5.26 Å². The second kappa shape index (κ2) is 4.24. The van der Waals surface area contributed by atoms with Crippen molar-refractivity contribution in [2.45, 2.75) is 13.8 Å². The largest absolute Gasteiger partial charge is 0.465 e. The van der Waals surface area contributed by atoms with Crippen molar-refractivity contribution in [1.82, 2.24) is 0 Å². The number of nitrogens with zero attached hydrogens (tertiary/aromatic N) is 1. The Bertz CT molecular complexity index is 187. The Hall–Kier alpha value is -0.690. The van der Waals surface area contributed by atoms with Crippen LogP contribution in [0.5, 0.6) is 0 Å². The van der Waals surface area contributed by atoms with Crippen LogP contribution >= 0.6 is 12.6 Å². The predicted molar refractivity (Wildman–Crippen MR) is 44.2 cm³/mol. The lowest BCUT2D eigenvalue weighted by Crippen LogP contribution is -2.30. The van der Waals surface area contributed by atoms with Crippen molar-refractivity contribution in [3.8, 4) is 6.07 Å². The molecule has 0 amide bonds. The first-order chi connectivity index (χ1) is 5.10. The van der Waals surface area contributed by atoms with Crippen molar-refractivity contribution >= 4 is 18.6 Å². The summed E-state index contributed by atoms with van der Waals surface area (Å²) in [6.07, 6.45) is 0. The highest BCUT2D eigenvalue weighted by atomic mass is 32.1. The van der Waals surface area contributed by atoms with Gasteiger partial charge in [0.1, 0.15) is 0 Å². The second-order valence-electron chi connectivity index (χ2n) is 2.32. The molecule has 11 heavy (non-hydrogen) atoms. The molecule has 1 atom stereocenters. The molecule has 0 aliphatic carbocycles. The van der Waals surface area contributed by atoms with E-state index in [-0.39, 0.29) is 5.75 Å². The van der Waals surface area contributed by atoms with Gasteiger partial charge in [0.15, 0.2) is 5.41 Å². The molecule has 0 fully saturated rings. The zero-order valence-corrected chi connectivity index (χ0v) is 7.52. The SMILES string of the molecule is CCOC(=O)C(C)(C#N)CS. The fraction of sp³-hybridized carbons (Fsp3) is 0.714. The Morgan fingerprint density at radius 3 is 2.64 bits per heavy atom. The van der Waals surface area contributed by atoms with E-state index in [1.807, 2.05) is 6.07 Å². The molecule has 0 aliphatic heterocycles. The van der Waals surface area contributed by atoms with Gasteiger partial charge in [-0.2, -0.15) is 17.9 Å². The lowest BCUT2D eigenvalue weighted by atomic mass is 9.96. The van der Waals surface area contributed by atoms with E-state index in [2.05, 4.69) is 17.4 Å². The molecule has 3 nitrogen and oxygen atoms in total. The highest BCUT2D eigenvalue weighted by Gasteiger charge is 2.33. The van der Waals surface area contributed by atoms with Gasteiger partial charge in [0, 0.05) is 5.75 Å². The summed E-state index contributed by atoms with van der Waals surface area (Å²) in [4.78, 5) is 11.0. The van der Waals surface area contributed by atoms with E-state index in [9.17, 15) is 4.79 Å². The second-order valence-corrected chi connectivity index (χ2v) is 2.64. The molecule has 0 aromatic rings. The number of carbonyl (C=O) groups is 1. The topological polar surface area (TPSA) is 50.1 Å². The van der Waals surface area contributed by atoms with Gasteiger partial charge in [-0.1, -0.05) is 0 Å². The highest BCUT2D eigenvalue weighted by Crippen LogP contribution is 2.18. The van der Waals surface area contributed by atoms with Gasteiger partial charge in [0.05, 0.1) is 12.7 Å². The number of hydrogen-bond acceptors (Lipinski definition) is 4. The van der Waals surface area contributed by atoms with Crippen LogP contribution in [-0.2, 0) is 9.53 Å². The minimum Gasteiger partial charge on any atom is -0.465 e. The van der Waals surface area contributed by atoms with Crippen molar-refractivity contribution < 1.29 is 9.53 Å². The number of hydrogen-bond donors (Lipinski definition) is 1. The van der Waals surface area contributed by atoms with Gasteiger partial charge < -0.3 is 4.74 Å². The van der Waals surface area contributed by atoms with Crippen LogP contribution in [0, 0.1) is 16.7 Å². The summed E-state index contributed by atoms with van der Waals surface area (Å²) in [6, 6.07) is 1.86. The monoisotopic (exact) mass is 173 g/mol. The molecule has 0 N–H and O–H groups in total. The summed E-state index contributed by atoms with van der Waals surface area (Å²) in [5.74, 6) is -0.319. The number of nitriles is 1. The Kier molecular flexibility index (Phi) is 3.98. The Balaban J connectivity index is 4.28. The molecule has 0 radical (unpaired) electrons. The summed E-state index contributed by atoms with van der Waals surface area (Å²) >= 11 is 3.89. The average Bonchev–Trinajstić information content (AvgIpc) is 2.03. The van der Waals surface area contributed by atoms with Gasteiger partial charge in [-0.3, -0.25) is 4.79 Å². The summed E-state index contributed by atoms with van der Waals surface area (Å²) in [7, 11) is 0. The van der Waals surface area contributed by atoms with Gasteiger partial charge in [-0.05, 0) is 13.8 Å². The first-order valence-electron chi connectivity index (χ1n) is 3.30. The van der Waals surface area contributed by atoms with Crippen LogP contribution in [0.3, 0.4) is 0 Å². The number of ether oxygens (including phenoxy) is 1. The van der Waals surface area contributed by atoms with Crippen LogP contribution < -0.4 is 0 Å². The normalized spacial score (nSPS) is 14.7. The summed E-state index contributed by atoms with van der Waals surface area (Å²) in [5.41, 5.74) is -1.10. The van der Waals surface area contributed by atoms with Crippen LogP contribution in [0.1, 0.15) is 13.8 Å². The van der Waals surface area contributed by atoms with Crippen LogP contribution in [-0.4, -0.2) is 18.3 Å². The predicted octanol–water partition coefficient (Wildman–Crippen LogP) is 1.01. The standard InChI is InChI=1S/C7H11NO2S/c1-3-10-6(9)7(2,4-8)5-11/h11H,3,5H2,1-2H3. The fourth-order valence-corrected chi connectivity index (χ4v) is 0.636. The van der Waals surface area contributed by atoms with Crippen LogP contribution in [0.15, 0.2) is 0 Å². The van der Waals surface area contributed by atoms with E-state index in [0.29, 0.717) is 6.61 Å². The molecule has 1 unspecified atom stereocenters. The quantitative estimate of drug-likeness (QED) is 0.512. The molecule has 0 saturated carbocycles. The van der Waals surface area contributed by atoms with E-state index >= 15 is 0 Å². The Labute approximate surface area is 71.8 Å². The van der Waals surface area contributed by atoms with Crippen molar-refractivity contribution in [1.29, 1.82) is 5.26 Å². The summed E-state index contributed by atoms with van der Waals surface area (Å²) in [6.45, 7) is 3.51. The first-order valence-corrected chi connectivity index (χ1v) is 3.93. The molecule has 0 aliphatic rings. The number of thiol groups is 1. The van der Waals surface area contributed by atoms with E-state index in [1.165, 1.54) is 6.92 Å². The van der Waals surface area contributed by atoms with Crippen molar-refractivity contribution in [3.63, 3.8) is 0 Å². The molecule has 0 saturated heterocycles. The van der Waals surface area contributed by atoms with Gasteiger partial charge in [0.25, 0.3) is 0 Å². The molecule has 0 bridgehead atoms. The zero-order chi connectivity index (χ0) is 8.91. The highest BCUT2D eigenvalue weighted by molar-refractivity contribution is 7.80. The maximum Gasteiger partial charge on any atom is 0.327 e. The number of carbonyl (C=O) groups excluding carboxylic acids is 1. The maximum atomic E-state index is 11.0. The van der Waals surface area contributed by atoms with Crippen molar-refractivity contribution in [2.75, 3.05) is 12.4 Å². The lowest BCUT2D eigenvalue weighted by molar-refractivity contribution is -0.149. The van der Waals surface area contributed by atoms with E-state index in [1.54, 1.807) is 6.92 Å². The smallest absolute Gasteiger partial charge is 0.327 e. The molecular weight excluding hydrogens is 162 g/mol. The first kappa shape index (κ1) is 10.3. The van der Waals surface area contributed by atoms with Gasteiger partial charge in [-0.25, -0.2) is 0 Å². The molecular formula is C7H11NO2S. The number of esters is 1. The van der Waals surface area contributed by atoms with E-state index in [0.717, 1.165) is 0 Å². The third-order valence-electron chi connectivity index (χ3n) is 1.29. The van der Waals surface area contributed by atoms with Crippen LogP contribution in [0.25, 0.3) is 0 Å². The molecule has 0 heterocycles. The third kappa shape index (κ3) is 2.43. The Morgan fingerprint density at radius 1 is 1.82 bits per heavy atom. The van der Waals surface area contributed by atoms with Crippen LogP contribution in [0.4, 0.5) is 0 Å². The minimum atomic E-state index is -1.10. The van der Waals surface area contributed by atoms with Gasteiger partial charge in [0.2, 0.25) is 0 Å². The third-order valence-corrected chi connectivity index (χ3v) is 1.92. The molecule has 0 aromatic carbocycles. The molecule has 62 valence electrons. The van der Waals surface area contributed by atoms with Crippen LogP contribution in [0.2, 0.25) is 0 Å². The van der Waals surface area contributed by atoms with Gasteiger partial charge >= 0.3 is 5.97 Å². The van der Waals surface area contributed by atoms with E-state index < -0.39 is 11.4 Å². The molecule has 0 spiro atoms. The average molecular weight is 173 g/mol. The van der Waals surface area contributed by atoms with Crippen molar-refractivity contribution in [2.24, 2.45) is 5.41 Å². The fourth-order valence-electron chi connectivity index (χ4n) is 0.436. The summed E-state index contributed by atoms with van der Waals surface area (Å²) in [5, 5.41) is 8.58. The molecule has 4 heteroatoms. The summed E-state index contributed by atoms with van der Waals surface area (Å²) < 4.78 is 4.68. The molecule has 0 aromatic heterocycles. The maximum absolute atomic E-state index is 11.0. The number of rotatable bonds is 3. The zero-order valence-electron chi connectivity index (χ0n) is 6.63.